The second kappa shape index (κ2) is 4.51. The molecule has 0 aliphatic rings. The van der Waals surface area contributed by atoms with Gasteiger partial charge in [-0.1, -0.05) is 0 Å². The van der Waals surface area contributed by atoms with Gasteiger partial charge in [0.25, 0.3) is 0 Å². The molecule has 0 atom stereocenters. The summed E-state index contributed by atoms with van der Waals surface area (Å²) in [5.74, 6) is 0.806. The Balaban J connectivity index is 2.54. The van der Waals surface area contributed by atoms with Crippen LogP contribution in [0.4, 0.5) is 0 Å². The highest BCUT2D eigenvalue weighted by Crippen LogP contribution is 2.26. The van der Waals surface area contributed by atoms with Crippen molar-refractivity contribution >= 4 is 33.6 Å². The molecular formula is C11H11IO3. The van der Waals surface area contributed by atoms with Gasteiger partial charge in [0.05, 0.1) is 10.2 Å². The summed E-state index contributed by atoms with van der Waals surface area (Å²) in [6, 6.07) is 5.79. The first-order valence-electron chi connectivity index (χ1n) is 4.55. The van der Waals surface area contributed by atoms with Crippen molar-refractivity contribution in [2.24, 2.45) is 0 Å². The molecule has 3 nitrogen and oxygen atoms in total. The smallest absolute Gasteiger partial charge is 0.147 e. The Hall–Kier alpha value is -0.590. The Morgan fingerprint density at radius 1 is 1.40 bits per heavy atom. The predicted molar refractivity (Wildman–Crippen MR) is 65.6 cm³/mol. The van der Waals surface area contributed by atoms with E-state index in [0.29, 0.717) is 6.61 Å². The Morgan fingerprint density at radius 3 is 2.87 bits per heavy atom. The number of furan rings is 1. The van der Waals surface area contributed by atoms with Gasteiger partial charge in [-0.2, -0.15) is 0 Å². The van der Waals surface area contributed by atoms with Crippen LogP contribution in [0.1, 0.15) is 11.3 Å². The minimum Gasteiger partial charge on any atom is -0.457 e. The zero-order valence-electron chi connectivity index (χ0n) is 8.29. The Kier molecular flexibility index (Phi) is 3.28. The third-order valence-corrected chi connectivity index (χ3v) is 2.95. The monoisotopic (exact) mass is 318 g/mol. The van der Waals surface area contributed by atoms with Crippen LogP contribution in [-0.4, -0.2) is 12.2 Å². The van der Waals surface area contributed by atoms with Gasteiger partial charge >= 0.3 is 0 Å². The molecule has 2 rings (SSSR count). The molecule has 0 unspecified atom stereocenters. The summed E-state index contributed by atoms with van der Waals surface area (Å²) in [4.78, 5) is 0. The molecule has 0 aliphatic heterocycles. The number of fused-ring (bicyclic) bond motifs is 1. The van der Waals surface area contributed by atoms with Gasteiger partial charge < -0.3 is 14.3 Å². The lowest BCUT2D eigenvalue weighted by molar-refractivity contribution is 0.166. The minimum absolute atomic E-state index is 0.0523. The molecule has 1 aromatic carbocycles. The second-order valence-corrected chi connectivity index (χ2v) is 4.46. The van der Waals surface area contributed by atoms with E-state index in [4.69, 9.17) is 14.3 Å². The van der Waals surface area contributed by atoms with Gasteiger partial charge in [0.1, 0.15) is 18.0 Å². The van der Waals surface area contributed by atoms with Crippen molar-refractivity contribution in [3.63, 3.8) is 0 Å². The van der Waals surface area contributed by atoms with Gasteiger partial charge in [-0.25, -0.2) is 0 Å². The quantitative estimate of drug-likeness (QED) is 0.885. The van der Waals surface area contributed by atoms with Crippen LogP contribution in [0.5, 0.6) is 0 Å². The molecule has 4 heteroatoms. The summed E-state index contributed by atoms with van der Waals surface area (Å²) in [5, 5.41) is 10.1. The topological polar surface area (TPSA) is 42.6 Å². The SMILES string of the molecule is COCc1cc2cc(CO)cc(I)c2o1. The van der Waals surface area contributed by atoms with Gasteiger partial charge in [0.15, 0.2) is 0 Å². The third kappa shape index (κ3) is 2.16. The molecule has 1 aromatic heterocycles. The molecule has 80 valence electrons. The van der Waals surface area contributed by atoms with Gasteiger partial charge in [0, 0.05) is 12.5 Å². The van der Waals surface area contributed by atoms with Crippen molar-refractivity contribution in [2.45, 2.75) is 13.2 Å². The van der Waals surface area contributed by atoms with Crippen molar-refractivity contribution in [3.8, 4) is 0 Å². The maximum atomic E-state index is 9.07. The van der Waals surface area contributed by atoms with E-state index in [1.165, 1.54) is 0 Å². The third-order valence-electron chi connectivity index (χ3n) is 2.15. The van der Waals surface area contributed by atoms with Crippen LogP contribution < -0.4 is 0 Å². The number of methoxy groups -OCH3 is 1. The molecule has 0 amide bonds. The van der Waals surface area contributed by atoms with E-state index in [1.807, 2.05) is 18.2 Å². The van der Waals surface area contributed by atoms with E-state index < -0.39 is 0 Å². The number of aliphatic hydroxyl groups is 1. The fourth-order valence-corrected chi connectivity index (χ4v) is 2.35. The number of ether oxygens (including phenoxy) is 1. The number of rotatable bonds is 3. The lowest BCUT2D eigenvalue weighted by Crippen LogP contribution is -1.83. The first-order valence-corrected chi connectivity index (χ1v) is 5.63. The minimum atomic E-state index is 0.0523. The van der Waals surface area contributed by atoms with Crippen molar-refractivity contribution in [3.05, 3.63) is 33.1 Å². The Bertz CT molecular complexity index is 476. The predicted octanol–water partition coefficient (Wildman–Crippen LogP) is 2.68. The van der Waals surface area contributed by atoms with Crippen molar-refractivity contribution < 1.29 is 14.3 Å². The molecule has 0 spiro atoms. The van der Waals surface area contributed by atoms with Gasteiger partial charge in [0.2, 0.25) is 0 Å². The van der Waals surface area contributed by atoms with Gasteiger partial charge in [-0.05, 0) is 46.4 Å². The summed E-state index contributed by atoms with van der Waals surface area (Å²) in [6.45, 7) is 0.524. The number of halogens is 1. The summed E-state index contributed by atoms with van der Waals surface area (Å²) >= 11 is 2.20. The van der Waals surface area contributed by atoms with E-state index in [-0.39, 0.29) is 6.61 Å². The van der Waals surface area contributed by atoms with Crippen LogP contribution in [0.15, 0.2) is 22.6 Å². The van der Waals surface area contributed by atoms with Crippen LogP contribution >= 0.6 is 22.6 Å². The Morgan fingerprint density at radius 2 is 2.20 bits per heavy atom. The summed E-state index contributed by atoms with van der Waals surface area (Å²) in [5.41, 5.74) is 1.76. The van der Waals surface area contributed by atoms with Crippen molar-refractivity contribution in [1.29, 1.82) is 0 Å². The lowest BCUT2D eigenvalue weighted by atomic mass is 10.2. The zero-order valence-corrected chi connectivity index (χ0v) is 10.4. The van der Waals surface area contributed by atoms with Crippen LogP contribution in [0.3, 0.4) is 0 Å². The van der Waals surface area contributed by atoms with E-state index in [9.17, 15) is 0 Å². The summed E-state index contributed by atoms with van der Waals surface area (Å²) < 4.78 is 11.6. The lowest BCUT2D eigenvalue weighted by Gasteiger charge is -1.97. The van der Waals surface area contributed by atoms with Crippen LogP contribution in [0.25, 0.3) is 11.0 Å². The number of hydrogen-bond acceptors (Lipinski definition) is 3. The van der Waals surface area contributed by atoms with E-state index in [0.717, 1.165) is 25.9 Å². The van der Waals surface area contributed by atoms with Gasteiger partial charge in [-0.15, -0.1) is 0 Å². The molecule has 0 saturated carbocycles. The molecule has 0 radical (unpaired) electrons. The average molecular weight is 318 g/mol. The van der Waals surface area contributed by atoms with E-state index in [1.54, 1.807) is 7.11 Å². The summed E-state index contributed by atoms with van der Waals surface area (Å²) in [6.07, 6.45) is 0. The van der Waals surface area contributed by atoms with Crippen molar-refractivity contribution in [1.82, 2.24) is 0 Å². The largest absolute Gasteiger partial charge is 0.457 e. The first kappa shape index (κ1) is 10.9. The molecule has 0 bridgehead atoms. The molecule has 1 heterocycles. The van der Waals surface area contributed by atoms with Gasteiger partial charge in [-0.3, -0.25) is 0 Å². The Labute approximate surface area is 101 Å². The maximum Gasteiger partial charge on any atom is 0.147 e. The molecule has 0 fully saturated rings. The number of hydrogen-bond donors (Lipinski definition) is 1. The fourth-order valence-electron chi connectivity index (χ4n) is 1.53. The van der Waals surface area contributed by atoms with Crippen LogP contribution in [-0.2, 0) is 18.0 Å². The average Bonchev–Trinajstić information content (AvgIpc) is 2.61. The number of aliphatic hydroxyl groups excluding tert-OH is 1. The van der Waals surface area contributed by atoms with Crippen molar-refractivity contribution in [2.75, 3.05) is 7.11 Å². The fraction of sp³-hybridized carbons (Fsp3) is 0.273. The maximum absolute atomic E-state index is 9.07. The molecule has 2 aromatic rings. The molecule has 15 heavy (non-hydrogen) atoms. The van der Waals surface area contributed by atoms with Crippen LogP contribution in [0.2, 0.25) is 0 Å². The molecule has 0 aliphatic carbocycles. The molecular weight excluding hydrogens is 307 g/mol. The zero-order chi connectivity index (χ0) is 10.8. The number of benzene rings is 1. The highest BCUT2D eigenvalue weighted by molar-refractivity contribution is 14.1. The van der Waals surface area contributed by atoms with E-state index in [2.05, 4.69) is 22.6 Å². The highest BCUT2D eigenvalue weighted by Gasteiger charge is 2.08. The van der Waals surface area contributed by atoms with Crippen LogP contribution in [0, 0.1) is 3.57 Å². The normalized spacial score (nSPS) is 11.1. The second-order valence-electron chi connectivity index (χ2n) is 3.30. The highest BCUT2D eigenvalue weighted by atomic mass is 127. The standard InChI is InChI=1S/C11H11IO3/c1-14-6-9-4-8-2-7(5-13)3-10(12)11(8)15-9/h2-4,13H,5-6H2,1H3. The summed E-state index contributed by atoms with van der Waals surface area (Å²) in [7, 11) is 1.64. The van der Waals surface area contributed by atoms with E-state index >= 15 is 0 Å². The molecule has 1 N–H and O–H groups in total. The first-order chi connectivity index (χ1) is 7.24. The molecule has 0 saturated heterocycles.